The zero-order chi connectivity index (χ0) is 35.2. The van der Waals surface area contributed by atoms with Gasteiger partial charge in [0.15, 0.2) is 5.60 Å². The highest BCUT2D eigenvalue weighted by atomic mass is 16.5. The maximum Gasteiger partial charge on any atom is 0.335 e. The second kappa shape index (κ2) is 11.3. The minimum atomic E-state index is -0.882. The Bertz CT molecular complexity index is 2210. The zero-order valence-corrected chi connectivity index (χ0v) is 30.3. The zero-order valence-electron chi connectivity index (χ0n) is 30.3. The summed E-state index contributed by atoms with van der Waals surface area (Å²) in [6.07, 6.45) is 11.4. The molecule has 4 aliphatic rings. The third-order valence-corrected chi connectivity index (χ3v) is 12.2. The molecular formula is C47H47NO3. The van der Waals surface area contributed by atoms with Crippen LogP contribution in [0, 0.1) is 10.8 Å². The van der Waals surface area contributed by atoms with E-state index in [1.54, 1.807) is 6.07 Å². The average molecular weight is 674 g/mol. The summed E-state index contributed by atoms with van der Waals surface area (Å²) in [6, 6.07) is 34.2. The van der Waals surface area contributed by atoms with Crippen molar-refractivity contribution in [1.29, 1.82) is 0 Å². The van der Waals surface area contributed by atoms with Crippen molar-refractivity contribution < 1.29 is 14.6 Å². The van der Waals surface area contributed by atoms with Crippen LogP contribution in [0.1, 0.15) is 104 Å². The molecule has 1 unspecified atom stereocenters. The molecule has 51 heavy (non-hydrogen) atoms. The minimum Gasteiger partial charge on any atom is -0.478 e. The van der Waals surface area contributed by atoms with Gasteiger partial charge in [-0.3, -0.25) is 0 Å². The van der Waals surface area contributed by atoms with E-state index in [9.17, 15) is 9.90 Å². The SMILES string of the molecule is CC1(C)CC(C)(C)CC2(C1)c1cc(C(=O)O)ccc1-c1c2c2c(c3ccccc13)OC(c1ccccc1)(c1ccc(N3CCCCC3)cc1)C=C2. The first kappa shape index (κ1) is 32.1. The number of carbonyl (C=O) groups is 1. The van der Waals surface area contributed by atoms with Gasteiger partial charge in [0.05, 0.1) is 5.56 Å². The van der Waals surface area contributed by atoms with Gasteiger partial charge in [0, 0.05) is 46.3 Å². The lowest BCUT2D eigenvalue weighted by molar-refractivity contribution is 0.0640. The Labute approximate surface area is 301 Å². The first-order chi connectivity index (χ1) is 24.5. The maximum atomic E-state index is 12.5. The maximum absolute atomic E-state index is 12.5. The van der Waals surface area contributed by atoms with Crippen LogP contribution in [-0.2, 0) is 11.0 Å². The third kappa shape index (κ3) is 4.97. The number of fused-ring (bicyclic) bond motifs is 10. The van der Waals surface area contributed by atoms with Gasteiger partial charge in [0.2, 0.25) is 0 Å². The molecule has 0 amide bonds. The number of ether oxygens (including phenoxy) is 1. The molecule has 258 valence electrons. The molecule has 0 bridgehead atoms. The molecular weight excluding hydrogens is 627 g/mol. The van der Waals surface area contributed by atoms with Gasteiger partial charge in [-0.15, -0.1) is 0 Å². The van der Waals surface area contributed by atoms with E-state index in [-0.39, 0.29) is 16.2 Å². The molecule has 1 atom stereocenters. The summed E-state index contributed by atoms with van der Waals surface area (Å²) in [5.41, 5.74) is 8.67. The second-order valence-electron chi connectivity index (χ2n) is 17.2. The molecule has 5 aromatic rings. The molecule has 9 rings (SSSR count). The lowest BCUT2D eigenvalue weighted by Gasteiger charge is -2.52. The predicted molar refractivity (Wildman–Crippen MR) is 208 cm³/mol. The lowest BCUT2D eigenvalue weighted by atomic mass is 9.52. The summed E-state index contributed by atoms with van der Waals surface area (Å²) in [4.78, 5) is 15.0. The van der Waals surface area contributed by atoms with Crippen molar-refractivity contribution in [3.8, 4) is 16.9 Å². The third-order valence-electron chi connectivity index (χ3n) is 12.2. The van der Waals surface area contributed by atoms with Crippen molar-refractivity contribution in [2.45, 2.75) is 77.2 Å². The Morgan fingerprint density at radius 1 is 0.725 bits per heavy atom. The van der Waals surface area contributed by atoms with E-state index in [4.69, 9.17) is 4.74 Å². The number of benzene rings is 5. The highest BCUT2D eigenvalue weighted by Gasteiger charge is 2.55. The molecule has 2 aliphatic carbocycles. The molecule has 4 heteroatoms. The van der Waals surface area contributed by atoms with Crippen LogP contribution in [0.15, 0.2) is 103 Å². The number of piperidine rings is 1. The Morgan fingerprint density at radius 2 is 1.37 bits per heavy atom. The molecule has 2 fully saturated rings. The molecule has 1 saturated heterocycles. The fourth-order valence-electron chi connectivity index (χ4n) is 11.0. The minimum absolute atomic E-state index is 0.0432. The Kier molecular flexibility index (Phi) is 7.14. The molecule has 2 heterocycles. The smallest absolute Gasteiger partial charge is 0.335 e. The van der Waals surface area contributed by atoms with E-state index in [0.717, 1.165) is 76.7 Å². The summed E-state index contributed by atoms with van der Waals surface area (Å²) in [7, 11) is 0. The molecule has 1 saturated carbocycles. The number of carboxylic acid groups (broad SMARTS) is 1. The summed E-state index contributed by atoms with van der Waals surface area (Å²) in [5.74, 6) is 0.0231. The van der Waals surface area contributed by atoms with Gasteiger partial charge in [-0.2, -0.15) is 0 Å². The lowest BCUT2D eigenvalue weighted by Crippen LogP contribution is -2.44. The Morgan fingerprint density at radius 3 is 2.06 bits per heavy atom. The molecule has 4 nitrogen and oxygen atoms in total. The van der Waals surface area contributed by atoms with Crippen molar-refractivity contribution in [1.82, 2.24) is 0 Å². The predicted octanol–water partition coefficient (Wildman–Crippen LogP) is 11.4. The summed E-state index contributed by atoms with van der Waals surface area (Å²) in [6.45, 7) is 11.8. The first-order valence-corrected chi connectivity index (χ1v) is 18.8. The van der Waals surface area contributed by atoms with Gasteiger partial charge < -0.3 is 14.7 Å². The van der Waals surface area contributed by atoms with Crippen LogP contribution < -0.4 is 9.64 Å². The van der Waals surface area contributed by atoms with Gasteiger partial charge in [-0.1, -0.05) is 107 Å². The summed E-state index contributed by atoms with van der Waals surface area (Å²) in [5, 5.41) is 12.5. The van der Waals surface area contributed by atoms with E-state index in [1.807, 2.05) is 6.07 Å². The number of aromatic carboxylic acids is 1. The van der Waals surface area contributed by atoms with Crippen molar-refractivity contribution in [3.05, 3.63) is 137 Å². The fourth-order valence-corrected chi connectivity index (χ4v) is 11.0. The number of anilines is 1. The standard InChI is InChI=1S/C47H47NO3/c1-44(2)28-45(3,4)30-46(29-44)39-27-31(43(49)50)17-22-37(39)40-35-15-9-10-16-36(35)42-38(41(40)46)23-24-47(51-42,32-13-7-5-8-14-32)33-18-20-34(21-19-33)48-25-11-6-12-26-48/h5,7-10,13-24,27H,6,11-12,25-26,28-30H2,1-4H3,(H,49,50). The highest BCUT2D eigenvalue weighted by Crippen LogP contribution is 2.67. The topological polar surface area (TPSA) is 49.8 Å². The molecule has 1 spiro atoms. The van der Waals surface area contributed by atoms with Crippen molar-refractivity contribution >= 4 is 28.5 Å². The van der Waals surface area contributed by atoms with E-state index in [0.29, 0.717) is 5.56 Å². The van der Waals surface area contributed by atoms with Gasteiger partial charge in [-0.25, -0.2) is 4.79 Å². The van der Waals surface area contributed by atoms with Crippen LogP contribution in [0.5, 0.6) is 5.75 Å². The van der Waals surface area contributed by atoms with Crippen LogP contribution in [0.2, 0.25) is 0 Å². The Hall–Kier alpha value is -4.83. The van der Waals surface area contributed by atoms with Crippen molar-refractivity contribution in [3.63, 3.8) is 0 Å². The first-order valence-electron chi connectivity index (χ1n) is 18.8. The summed E-state index contributed by atoms with van der Waals surface area (Å²) >= 11 is 0. The largest absolute Gasteiger partial charge is 0.478 e. The quantitative estimate of drug-likeness (QED) is 0.206. The number of rotatable bonds is 4. The second-order valence-corrected chi connectivity index (χ2v) is 17.2. The monoisotopic (exact) mass is 673 g/mol. The van der Waals surface area contributed by atoms with Crippen LogP contribution in [0.25, 0.3) is 28.0 Å². The number of hydrogen-bond donors (Lipinski definition) is 1. The molecule has 0 radical (unpaired) electrons. The molecule has 2 aliphatic heterocycles. The Balaban J connectivity index is 1.31. The van der Waals surface area contributed by atoms with Crippen molar-refractivity contribution in [2.75, 3.05) is 18.0 Å². The molecule has 5 aromatic carbocycles. The van der Waals surface area contributed by atoms with Crippen LogP contribution >= 0.6 is 0 Å². The summed E-state index contributed by atoms with van der Waals surface area (Å²) < 4.78 is 7.62. The fraction of sp³-hybridized carbons (Fsp3) is 0.340. The average Bonchev–Trinajstić information content (AvgIpc) is 3.39. The highest BCUT2D eigenvalue weighted by molar-refractivity contribution is 6.09. The van der Waals surface area contributed by atoms with Gasteiger partial charge >= 0.3 is 5.97 Å². The van der Waals surface area contributed by atoms with Crippen LogP contribution in [-0.4, -0.2) is 24.2 Å². The van der Waals surface area contributed by atoms with Crippen molar-refractivity contribution in [2.24, 2.45) is 10.8 Å². The molecule has 1 N–H and O–H groups in total. The van der Waals surface area contributed by atoms with E-state index < -0.39 is 11.6 Å². The normalized spacial score (nSPS) is 22.2. The van der Waals surface area contributed by atoms with Crippen LogP contribution in [0.4, 0.5) is 5.69 Å². The van der Waals surface area contributed by atoms with Gasteiger partial charge in [-0.05, 0) is 107 Å². The van der Waals surface area contributed by atoms with E-state index >= 15 is 0 Å². The van der Waals surface area contributed by atoms with Crippen LogP contribution in [0.3, 0.4) is 0 Å². The van der Waals surface area contributed by atoms with E-state index in [1.165, 1.54) is 36.1 Å². The molecule has 0 aromatic heterocycles. The van der Waals surface area contributed by atoms with Gasteiger partial charge in [0.1, 0.15) is 5.75 Å². The number of hydrogen-bond acceptors (Lipinski definition) is 3. The van der Waals surface area contributed by atoms with E-state index in [2.05, 4.69) is 130 Å². The van der Waals surface area contributed by atoms with Gasteiger partial charge in [0.25, 0.3) is 0 Å². The number of nitrogens with zero attached hydrogens (tertiary/aromatic N) is 1. The number of carboxylic acids is 1.